The number of hydrogen-bond acceptors (Lipinski definition) is 4. The zero-order valence-corrected chi connectivity index (χ0v) is 39.1. The van der Waals surface area contributed by atoms with Gasteiger partial charge in [0.2, 0.25) is 5.91 Å². The van der Waals surface area contributed by atoms with Gasteiger partial charge in [-0.15, -0.1) is 0 Å². The van der Waals surface area contributed by atoms with E-state index in [0.717, 1.165) is 44.9 Å². The van der Waals surface area contributed by atoms with Crippen molar-refractivity contribution in [3.05, 3.63) is 60.8 Å². The molecule has 0 rings (SSSR count). The number of aliphatic hydroxyl groups excluding tert-OH is 3. The van der Waals surface area contributed by atoms with E-state index in [9.17, 15) is 20.1 Å². The molecule has 59 heavy (non-hydrogen) atoms. The predicted octanol–water partition coefficient (Wildman–Crippen LogP) is 15.4. The molecular weight excluding hydrogens is 727 g/mol. The van der Waals surface area contributed by atoms with Crippen molar-refractivity contribution in [2.75, 3.05) is 6.61 Å². The maximum Gasteiger partial charge on any atom is 0.222 e. The highest BCUT2D eigenvalue weighted by molar-refractivity contribution is 5.76. The Kier molecular flexibility index (Phi) is 47.1. The van der Waals surface area contributed by atoms with E-state index >= 15 is 0 Å². The number of allylic oxidation sites excluding steroid dienone is 9. The Morgan fingerprint density at radius 2 is 0.780 bits per heavy atom. The summed E-state index contributed by atoms with van der Waals surface area (Å²) in [5, 5.41) is 33.2. The maximum atomic E-state index is 12.5. The molecule has 0 fully saturated rings. The molecule has 0 saturated heterocycles. The van der Waals surface area contributed by atoms with E-state index in [1.165, 1.54) is 180 Å². The van der Waals surface area contributed by atoms with Crippen LogP contribution in [0.3, 0.4) is 0 Å². The Morgan fingerprint density at radius 3 is 1.22 bits per heavy atom. The number of rotatable bonds is 46. The summed E-state index contributed by atoms with van der Waals surface area (Å²) in [5.74, 6) is -0.331. The van der Waals surface area contributed by atoms with Crippen molar-refractivity contribution >= 4 is 5.91 Å². The monoisotopic (exact) mass is 826 g/mol. The Morgan fingerprint density at radius 1 is 0.441 bits per heavy atom. The van der Waals surface area contributed by atoms with E-state index in [1.54, 1.807) is 6.08 Å². The van der Waals surface area contributed by atoms with Gasteiger partial charge < -0.3 is 20.6 Å². The van der Waals surface area contributed by atoms with Gasteiger partial charge in [-0.1, -0.05) is 229 Å². The van der Waals surface area contributed by atoms with Crippen molar-refractivity contribution < 1.29 is 20.1 Å². The van der Waals surface area contributed by atoms with Crippen LogP contribution in [0.1, 0.15) is 251 Å². The van der Waals surface area contributed by atoms with Crippen LogP contribution in [-0.2, 0) is 4.79 Å². The molecule has 3 atom stereocenters. The second kappa shape index (κ2) is 48.7. The minimum Gasteiger partial charge on any atom is -0.394 e. The van der Waals surface area contributed by atoms with Gasteiger partial charge in [-0.2, -0.15) is 0 Å². The molecule has 0 heterocycles. The fraction of sp³-hybridized carbons (Fsp3) is 0.796. The number of carbonyl (C=O) groups excluding carboxylic acids is 1. The van der Waals surface area contributed by atoms with Crippen LogP contribution < -0.4 is 5.32 Å². The highest BCUT2D eigenvalue weighted by Crippen LogP contribution is 2.16. The summed E-state index contributed by atoms with van der Waals surface area (Å²) in [6.07, 6.45) is 65.4. The topological polar surface area (TPSA) is 89.8 Å². The Labute approximate surface area is 367 Å². The molecule has 3 unspecified atom stereocenters. The molecule has 0 aromatic carbocycles. The van der Waals surface area contributed by atoms with Gasteiger partial charge in [-0.3, -0.25) is 4.79 Å². The molecule has 0 aliphatic carbocycles. The van der Waals surface area contributed by atoms with Crippen LogP contribution in [0, 0.1) is 0 Å². The zero-order valence-electron chi connectivity index (χ0n) is 39.1. The van der Waals surface area contributed by atoms with E-state index in [0.29, 0.717) is 6.42 Å². The average Bonchev–Trinajstić information content (AvgIpc) is 3.23. The summed E-state index contributed by atoms with van der Waals surface area (Å²) in [7, 11) is 0. The summed E-state index contributed by atoms with van der Waals surface area (Å²) >= 11 is 0. The standard InChI is InChI=1S/C54H99NO4/c1-3-5-7-9-11-13-15-17-18-19-20-21-22-23-24-25-26-27-28-29-30-31-32-33-34-36-37-39-41-43-45-47-51(57)49-54(59)55-52(50-56)53(58)48-46-44-42-40-38-35-16-14-12-10-8-6-4-2/h12,14,20-21,23-24,38,40,46,48,51-53,56-58H,3-11,13,15-19,22,25-37,39,41-45,47,49-50H2,1-2H3,(H,55,59)/b14-12+,21-20-,24-23-,40-38+,48-46+. The predicted molar refractivity (Wildman–Crippen MR) is 259 cm³/mol. The van der Waals surface area contributed by atoms with Crippen molar-refractivity contribution in [3.63, 3.8) is 0 Å². The van der Waals surface area contributed by atoms with Crippen molar-refractivity contribution in [1.29, 1.82) is 0 Å². The molecule has 5 heteroatoms. The van der Waals surface area contributed by atoms with E-state index in [4.69, 9.17) is 0 Å². The molecule has 0 radical (unpaired) electrons. The lowest BCUT2D eigenvalue weighted by molar-refractivity contribution is -0.124. The van der Waals surface area contributed by atoms with E-state index in [2.05, 4.69) is 67.8 Å². The highest BCUT2D eigenvalue weighted by Gasteiger charge is 2.20. The highest BCUT2D eigenvalue weighted by atomic mass is 16.3. The van der Waals surface area contributed by atoms with Crippen LogP contribution in [0.15, 0.2) is 60.8 Å². The largest absolute Gasteiger partial charge is 0.394 e. The first-order valence-electron chi connectivity index (χ1n) is 25.6. The third kappa shape index (κ3) is 45.4. The first kappa shape index (κ1) is 57.1. The van der Waals surface area contributed by atoms with Gasteiger partial charge in [-0.25, -0.2) is 0 Å². The molecule has 0 aliphatic rings. The van der Waals surface area contributed by atoms with Gasteiger partial charge in [0.15, 0.2) is 0 Å². The molecule has 0 spiro atoms. The molecule has 344 valence electrons. The number of amides is 1. The quantitative estimate of drug-likeness (QED) is 0.0363. The van der Waals surface area contributed by atoms with Crippen molar-refractivity contribution in [2.24, 2.45) is 0 Å². The van der Waals surface area contributed by atoms with Gasteiger partial charge in [0, 0.05) is 0 Å². The van der Waals surface area contributed by atoms with E-state index in [1.807, 2.05) is 6.08 Å². The van der Waals surface area contributed by atoms with Gasteiger partial charge in [-0.05, 0) is 77.0 Å². The zero-order chi connectivity index (χ0) is 43.0. The number of aliphatic hydroxyl groups is 3. The van der Waals surface area contributed by atoms with E-state index < -0.39 is 18.2 Å². The minimum atomic E-state index is -0.960. The lowest BCUT2D eigenvalue weighted by atomic mass is 10.0. The smallest absolute Gasteiger partial charge is 0.222 e. The van der Waals surface area contributed by atoms with Gasteiger partial charge in [0.1, 0.15) is 0 Å². The summed E-state index contributed by atoms with van der Waals surface area (Å²) in [6.45, 7) is 4.17. The second-order valence-electron chi connectivity index (χ2n) is 17.4. The summed E-state index contributed by atoms with van der Waals surface area (Å²) in [6, 6.07) is -0.768. The third-order valence-electron chi connectivity index (χ3n) is 11.5. The second-order valence-corrected chi connectivity index (χ2v) is 17.4. The number of hydrogen-bond donors (Lipinski definition) is 4. The minimum absolute atomic E-state index is 0.00101. The Hall–Kier alpha value is -1.95. The molecule has 0 aromatic rings. The summed E-state index contributed by atoms with van der Waals surface area (Å²) < 4.78 is 0. The van der Waals surface area contributed by atoms with Crippen LogP contribution >= 0.6 is 0 Å². The molecule has 0 aromatic heterocycles. The first-order valence-corrected chi connectivity index (χ1v) is 25.6. The third-order valence-corrected chi connectivity index (χ3v) is 11.5. The Bertz CT molecular complexity index is 1000. The summed E-state index contributed by atoms with van der Waals surface area (Å²) in [5.41, 5.74) is 0. The fourth-order valence-corrected chi connectivity index (χ4v) is 7.58. The molecule has 5 nitrogen and oxygen atoms in total. The molecular formula is C54H99NO4. The summed E-state index contributed by atoms with van der Waals surface area (Å²) in [4.78, 5) is 12.5. The van der Waals surface area contributed by atoms with Crippen LogP contribution in [-0.4, -0.2) is 46.1 Å². The van der Waals surface area contributed by atoms with E-state index in [-0.39, 0.29) is 18.9 Å². The van der Waals surface area contributed by atoms with Crippen LogP contribution in [0.25, 0.3) is 0 Å². The normalized spacial score (nSPS) is 13.9. The van der Waals surface area contributed by atoms with Crippen molar-refractivity contribution in [2.45, 2.75) is 270 Å². The number of nitrogens with one attached hydrogen (secondary N) is 1. The molecule has 1 amide bonds. The lowest BCUT2D eigenvalue weighted by Crippen LogP contribution is -2.45. The van der Waals surface area contributed by atoms with Crippen LogP contribution in [0.4, 0.5) is 0 Å². The van der Waals surface area contributed by atoms with Crippen molar-refractivity contribution in [1.82, 2.24) is 5.32 Å². The van der Waals surface area contributed by atoms with Crippen LogP contribution in [0.5, 0.6) is 0 Å². The van der Waals surface area contributed by atoms with Crippen molar-refractivity contribution in [3.8, 4) is 0 Å². The number of carbonyl (C=O) groups is 1. The molecule has 0 saturated carbocycles. The van der Waals surface area contributed by atoms with Gasteiger partial charge in [0.25, 0.3) is 0 Å². The average molecular weight is 826 g/mol. The molecule has 4 N–H and O–H groups in total. The Balaban J connectivity index is 3.57. The van der Waals surface area contributed by atoms with Gasteiger partial charge >= 0.3 is 0 Å². The molecule has 0 aliphatic heterocycles. The molecule has 0 bridgehead atoms. The first-order chi connectivity index (χ1) is 29.0. The SMILES string of the molecule is CCCCC/C=C/CC/C=C/CC/C=C/C(O)C(CO)NC(=O)CC(O)CCCCCCCCCCCCCCCCC/C=C\C/C=C\CCCCCCCCCCC. The maximum absolute atomic E-state index is 12.5. The fourth-order valence-electron chi connectivity index (χ4n) is 7.58. The number of unbranched alkanes of at least 4 members (excludes halogenated alkanes) is 29. The lowest BCUT2D eigenvalue weighted by Gasteiger charge is -2.21. The van der Waals surface area contributed by atoms with Gasteiger partial charge in [0.05, 0.1) is 31.3 Å². The van der Waals surface area contributed by atoms with Crippen LogP contribution in [0.2, 0.25) is 0 Å².